The highest BCUT2D eigenvalue weighted by Crippen LogP contribution is 2.32. The number of rotatable bonds is 9. The first kappa shape index (κ1) is 26.3. The van der Waals surface area contributed by atoms with E-state index in [2.05, 4.69) is 10.6 Å². The average Bonchev–Trinajstić information content (AvgIpc) is 2.85. The van der Waals surface area contributed by atoms with Gasteiger partial charge in [0.05, 0.1) is 11.4 Å². The molecular formula is C28H30FN3O4. The van der Waals surface area contributed by atoms with E-state index in [0.717, 1.165) is 11.6 Å². The van der Waals surface area contributed by atoms with Crippen LogP contribution in [-0.4, -0.2) is 17.1 Å². The summed E-state index contributed by atoms with van der Waals surface area (Å²) < 4.78 is 19.7. The smallest absolute Gasteiger partial charge is 0.412 e. The second kappa shape index (κ2) is 12.4. The van der Waals surface area contributed by atoms with E-state index in [1.807, 2.05) is 26.0 Å². The third-order valence-corrected chi connectivity index (χ3v) is 5.63. The molecule has 3 aromatic rings. The van der Waals surface area contributed by atoms with Crippen LogP contribution in [0, 0.1) is 18.7 Å². The number of halogens is 1. The largest absolute Gasteiger partial charge is 0.505 e. The average molecular weight is 492 g/mol. The summed E-state index contributed by atoms with van der Waals surface area (Å²) >= 11 is 0. The Morgan fingerprint density at radius 2 is 1.81 bits per heavy atom. The molecule has 0 bridgehead atoms. The number of carbonyl (C=O) groups is 2. The summed E-state index contributed by atoms with van der Waals surface area (Å²) in [6, 6.07) is 18.1. The summed E-state index contributed by atoms with van der Waals surface area (Å²) in [5, 5.41) is 15.0. The Bertz CT molecular complexity index is 1230. The highest BCUT2D eigenvalue weighted by molar-refractivity contribution is 6.01. The van der Waals surface area contributed by atoms with Gasteiger partial charge in [-0.15, -0.1) is 0 Å². The van der Waals surface area contributed by atoms with Gasteiger partial charge in [0.1, 0.15) is 6.10 Å². The Kier molecular flexibility index (Phi) is 9.05. The van der Waals surface area contributed by atoms with Gasteiger partial charge in [-0.2, -0.15) is 0 Å². The van der Waals surface area contributed by atoms with Crippen molar-refractivity contribution in [3.63, 3.8) is 0 Å². The maximum absolute atomic E-state index is 14.1. The number of anilines is 3. The van der Waals surface area contributed by atoms with E-state index in [-0.39, 0.29) is 11.8 Å². The normalized spacial score (nSPS) is 12.6. The Morgan fingerprint density at radius 1 is 1.08 bits per heavy atom. The number of aromatic hydroxyl groups is 1. The molecule has 7 nitrogen and oxygen atoms in total. The highest BCUT2D eigenvalue weighted by Gasteiger charge is 2.24. The van der Waals surface area contributed by atoms with Crippen molar-refractivity contribution in [2.24, 2.45) is 5.92 Å². The van der Waals surface area contributed by atoms with Gasteiger partial charge >= 0.3 is 6.09 Å². The van der Waals surface area contributed by atoms with Gasteiger partial charge < -0.3 is 20.9 Å². The number of benzene rings is 3. The van der Waals surface area contributed by atoms with Crippen molar-refractivity contribution >= 4 is 29.1 Å². The van der Waals surface area contributed by atoms with Crippen molar-refractivity contribution in [3.05, 3.63) is 95.8 Å². The molecule has 0 saturated heterocycles. The Morgan fingerprint density at radius 3 is 2.50 bits per heavy atom. The van der Waals surface area contributed by atoms with Crippen LogP contribution in [0.1, 0.15) is 37.0 Å². The molecule has 5 N–H and O–H groups in total. The summed E-state index contributed by atoms with van der Waals surface area (Å²) in [5.41, 5.74) is 8.88. The van der Waals surface area contributed by atoms with Crippen LogP contribution in [-0.2, 0) is 9.53 Å². The van der Waals surface area contributed by atoms with E-state index in [1.165, 1.54) is 18.2 Å². The fourth-order valence-corrected chi connectivity index (χ4v) is 3.60. The van der Waals surface area contributed by atoms with Gasteiger partial charge in [0.15, 0.2) is 11.6 Å². The molecule has 188 valence electrons. The van der Waals surface area contributed by atoms with E-state index in [9.17, 15) is 19.1 Å². The van der Waals surface area contributed by atoms with Gasteiger partial charge in [-0.1, -0.05) is 48.9 Å². The minimum atomic E-state index is -0.802. The summed E-state index contributed by atoms with van der Waals surface area (Å²) in [5.74, 6) is -1.83. The third-order valence-electron chi connectivity index (χ3n) is 5.63. The van der Waals surface area contributed by atoms with Crippen LogP contribution in [0.2, 0.25) is 0 Å². The minimum Gasteiger partial charge on any atom is -0.505 e. The van der Waals surface area contributed by atoms with Crippen molar-refractivity contribution < 1.29 is 23.8 Å². The maximum atomic E-state index is 14.1. The van der Waals surface area contributed by atoms with E-state index < -0.39 is 23.8 Å². The molecule has 0 aromatic heterocycles. The molecule has 2 amide bonds. The molecule has 0 heterocycles. The van der Waals surface area contributed by atoms with E-state index in [0.29, 0.717) is 35.5 Å². The standard InChI is InChI=1S/C28H30FN3O4/c1-18-11-14-21(15-12-18)31-28(35)36-27(20-13-16-25(33)22(29)17-20)19(2)7-3-6-10-26(34)32-24-9-5-4-8-23(24)30/h4-6,8-17,19,27,33H,3,7,30H2,1-2H3,(H,31,35)(H,32,34)/b10-6+/t19-,27-/m1/s1. The van der Waals surface area contributed by atoms with Gasteiger partial charge in [0, 0.05) is 5.69 Å². The molecule has 0 fully saturated rings. The van der Waals surface area contributed by atoms with E-state index in [1.54, 1.807) is 42.5 Å². The van der Waals surface area contributed by atoms with Crippen LogP contribution in [0.25, 0.3) is 0 Å². The van der Waals surface area contributed by atoms with Crippen molar-refractivity contribution in [2.45, 2.75) is 32.8 Å². The molecule has 0 aliphatic carbocycles. The summed E-state index contributed by atoms with van der Waals surface area (Å²) in [6.07, 6.45) is 2.73. The molecule has 0 aliphatic rings. The molecule has 0 spiro atoms. The molecule has 0 saturated carbocycles. The lowest BCUT2D eigenvalue weighted by atomic mass is 9.93. The third kappa shape index (κ3) is 7.59. The quantitative estimate of drug-likeness (QED) is 0.207. The fraction of sp³-hybridized carbons (Fsp3) is 0.214. The molecule has 3 aromatic carbocycles. The van der Waals surface area contributed by atoms with Gasteiger partial charge in [-0.05, 0) is 73.7 Å². The van der Waals surface area contributed by atoms with Crippen LogP contribution in [0.3, 0.4) is 0 Å². The van der Waals surface area contributed by atoms with Crippen LogP contribution in [0.15, 0.2) is 78.9 Å². The zero-order chi connectivity index (χ0) is 26.1. The van der Waals surface area contributed by atoms with Crippen LogP contribution >= 0.6 is 0 Å². The number of para-hydroxylation sites is 2. The predicted octanol–water partition coefficient (Wildman–Crippen LogP) is 6.32. The molecule has 2 atom stereocenters. The van der Waals surface area contributed by atoms with Crippen LogP contribution in [0.4, 0.5) is 26.2 Å². The van der Waals surface area contributed by atoms with Crippen molar-refractivity contribution in [1.29, 1.82) is 0 Å². The zero-order valence-electron chi connectivity index (χ0n) is 20.2. The molecular weight excluding hydrogens is 461 g/mol. The van der Waals surface area contributed by atoms with Crippen molar-refractivity contribution in [1.82, 2.24) is 0 Å². The molecule has 0 unspecified atom stereocenters. The lowest BCUT2D eigenvalue weighted by Gasteiger charge is -2.25. The molecule has 0 radical (unpaired) electrons. The first-order valence-corrected chi connectivity index (χ1v) is 11.6. The molecule has 0 aliphatic heterocycles. The predicted molar refractivity (Wildman–Crippen MR) is 139 cm³/mol. The topological polar surface area (TPSA) is 114 Å². The summed E-state index contributed by atoms with van der Waals surface area (Å²) in [4.78, 5) is 24.8. The van der Waals surface area contributed by atoms with Crippen LogP contribution < -0.4 is 16.4 Å². The first-order valence-electron chi connectivity index (χ1n) is 11.6. The second-order valence-electron chi connectivity index (χ2n) is 8.56. The van der Waals surface area contributed by atoms with Gasteiger partial charge in [-0.25, -0.2) is 9.18 Å². The number of nitrogen functional groups attached to an aromatic ring is 1. The molecule has 3 rings (SSSR count). The summed E-state index contributed by atoms with van der Waals surface area (Å²) in [6.45, 7) is 3.81. The number of carbonyl (C=O) groups excluding carboxylic acids is 2. The number of nitrogens with one attached hydrogen (secondary N) is 2. The van der Waals surface area contributed by atoms with E-state index in [4.69, 9.17) is 10.5 Å². The summed E-state index contributed by atoms with van der Waals surface area (Å²) in [7, 11) is 0. The van der Waals surface area contributed by atoms with Gasteiger partial charge in [-0.3, -0.25) is 10.1 Å². The number of aryl methyl sites for hydroxylation is 1. The SMILES string of the molecule is Cc1ccc(NC(=O)O[C@@H](c2ccc(O)c(F)c2)[C@H](C)CC/C=C/C(=O)Nc2ccccc2N)cc1. The van der Waals surface area contributed by atoms with Crippen molar-refractivity contribution in [3.8, 4) is 5.75 Å². The van der Waals surface area contributed by atoms with Crippen molar-refractivity contribution in [2.75, 3.05) is 16.4 Å². The Labute approximate surface area is 209 Å². The number of ether oxygens (including phenoxy) is 1. The maximum Gasteiger partial charge on any atom is 0.412 e. The second-order valence-corrected chi connectivity index (χ2v) is 8.56. The first-order chi connectivity index (χ1) is 17.2. The monoisotopic (exact) mass is 491 g/mol. The zero-order valence-corrected chi connectivity index (χ0v) is 20.2. The molecule has 8 heteroatoms. The number of hydrogen-bond acceptors (Lipinski definition) is 5. The fourth-order valence-electron chi connectivity index (χ4n) is 3.60. The number of hydrogen-bond donors (Lipinski definition) is 4. The Balaban J connectivity index is 1.63. The van der Waals surface area contributed by atoms with Gasteiger partial charge in [0.2, 0.25) is 5.91 Å². The molecule has 36 heavy (non-hydrogen) atoms. The van der Waals surface area contributed by atoms with E-state index >= 15 is 0 Å². The lowest BCUT2D eigenvalue weighted by molar-refractivity contribution is -0.111. The van der Waals surface area contributed by atoms with Gasteiger partial charge in [0.25, 0.3) is 0 Å². The number of allylic oxidation sites excluding steroid dienone is 1. The number of phenolic OH excluding ortho intramolecular Hbond substituents is 1. The number of amides is 2. The number of phenols is 1. The highest BCUT2D eigenvalue weighted by atomic mass is 19.1. The Hall–Kier alpha value is -4.33. The number of nitrogens with two attached hydrogens (primary N) is 1. The minimum absolute atomic E-state index is 0.227. The van der Waals surface area contributed by atoms with Crippen LogP contribution in [0.5, 0.6) is 5.75 Å². The lowest BCUT2D eigenvalue weighted by Crippen LogP contribution is -2.22.